The van der Waals surface area contributed by atoms with E-state index in [1.807, 2.05) is 19.1 Å². The molecule has 0 unspecified atom stereocenters. The molecule has 0 spiro atoms. The molecular weight excluding hydrogens is 220 g/mol. The van der Waals surface area contributed by atoms with E-state index in [1.54, 1.807) is 25.1 Å². The molecule has 4 nitrogen and oxygen atoms in total. The van der Waals surface area contributed by atoms with Gasteiger partial charge in [0.1, 0.15) is 6.26 Å². The Balaban J connectivity index is 2.66. The minimum Gasteiger partial charge on any atom is -0.466 e. The van der Waals surface area contributed by atoms with Crippen LogP contribution in [0.5, 0.6) is 5.75 Å². The van der Waals surface area contributed by atoms with Crippen molar-refractivity contribution >= 4 is 5.97 Å². The Morgan fingerprint density at radius 1 is 1.35 bits per heavy atom. The lowest BCUT2D eigenvalue weighted by molar-refractivity contribution is -0.151. The Hall–Kier alpha value is -1.97. The number of benzene rings is 1. The number of esters is 1. The summed E-state index contributed by atoms with van der Waals surface area (Å²) in [5.41, 5.74) is 0.732. The van der Waals surface area contributed by atoms with Gasteiger partial charge in [-0.25, -0.2) is 0 Å². The molecule has 1 rings (SSSR count). The van der Waals surface area contributed by atoms with Crippen LogP contribution < -0.4 is 4.89 Å². The summed E-state index contributed by atoms with van der Waals surface area (Å²) in [4.78, 5) is 21.2. The Morgan fingerprint density at radius 2 is 2.12 bits per heavy atom. The maximum atomic E-state index is 11.4. The number of hydrogen-bond acceptors (Lipinski definition) is 4. The molecule has 1 aromatic rings. The van der Waals surface area contributed by atoms with Crippen LogP contribution in [0.15, 0.2) is 36.6 Å². The lowest BCUT2D eigenvalue weighted by atomic mass is 10.1. The summed E-state index contributed by atoms with van der Waals surface area (Å²) in [7, 11) is 0. The van der Waals surface area contributed by atoms with Crippen molar-refractivity contribution in [1.29, 1.82) is 0 Å². The first kappa shape index (κ1) is 13.1. The van der Waals surface area contributed by atoms with E-state index in [-0.39, 0.29) is 12.4 Å². The van der Waals surface area contributed by atoms with Gasteiger partial charge in [0.2, 0.25) is 0 Å². The van der Waals surface area contributed by atoms with Crippen molar-refractivity contribution in [3.63, 3.8) is 0 Å². The van der Waals surface area contributed by atoms with Gasteiger partial charge in [0.05, 0.1) is 13.0 Å². The fraction of sp³-hybridized carbons (Fsp3) is 0.308. The van der Waals surface area contributed by atoms with Crippen molar-refractivity contribution < 1.29 is 19.3 Å². The number of carbonyl (C=O) groups is 1. The van der Waals surface area contributed by atoms with E-state index in [0.29, 0.717) is 12.4 Å². The lowest BCUT2D eigenvalue weighted by Crippen LogP contribution is -2.08. The zero-order chi connectivity index (χ0) is 12.5. The second kappa shape index (κ2) is 7.33. The zero-order valence-electron chi connectivity index (χ0n) is 10.0. The summed E-state index contributed by atoms with van der Waals surface area (Å²) in [6.45, 7) is 3.96. The van der Waals surface area contributed by atoms with E-state index in [4.69, 9.17) is 14.5 Å². The van der Waals surface area contributed by atoms with Gasteiger partial charge in [-0.3, -0.25) is 14.6 Å². The van der Waals surface area contributed by atoms with Crippen LogP contribution in [0, 0.1) is 0 Å². The van der Waals surface area contributed by atoms with Crippen molar-refractivity contribution in [3.05, 3.63) is 42.2 Å². The summed E-state index contributed by atoms with van der Waals surface area (Å²) in [6.07, 6.45) is 3.29. The molecule has 0 N–H and O–H groups in total. The summed E-state index contributed by atoms with van der Waals surface area (Å²) >= 11 is 0. The van der Waals surface area contributed by atoms with Crippen molar-refractivity contribution in [2.75, 3.05) is 6.61 Å². The van der Waals surface area contributed by atoms with Crippen molar-refractivity contribution in [1.82, 2.24) is 0 Å². The molecule has 17 heavy (non-hydrogen) atoms. The topological polar surface area (TPSA) is 44.8 Å². The quantitative estimate of drug-likeness (QED) is 0.329. The third-order valence-corrected chi connectivity index (χ3v) is 1.94. The van der Waals surface area contributed by atoms with Gasteiger partial charge in [0.25, 0.3) is 0 Å². The first-order valence-electron chi connectivity index (χ1n) is 5.46. The predicted molar refractivity (Wildman–Crippen MR) is 63.3 cm³/mol. The Morgan fingerprint density at radius 3 is 2.82 bits per heavy atom. The molecule has 0 saturated carbocycles. The predicted octanol–water partition coefficient (Wildman–Crippen LogP) is 2.64. The van der Waals surface area contributed by atoms with Crippen LogP contribution in [0.25, 0.3) is 0 Å². The molecule has 4 heteroatoms. The van der Waals surface area contributed by atoms with Crippen LogP contribution in [0.4, 0.5) is 0 Å². The lowest BCUT2D eigenvalue weighted by Gasteiger charge is -2.07. The van der Waals surface area contributed by atoms with Gasteiger partial charge < -0.3 is 4.74 Å². The highest BCUT2D eigenvalue weighted by molar-refractivity contribution is 5.73. The highest BCUT2D eigenvalue weighted by atomic mass is 17.2. The van der Waals surface area contributed by atoms with E-state index in [0.717, 1.165) is 5.56 Å². The third kappa shape index (κ3) is 4.59. The normalized spacial score (nSPS) is 10.2. The molecule has 0 bridgehead atoms. The molecule has 1 aromatic carbocycles. The molecule has 0 saturated heterocycles. The fourth-order valence-electron chi connectivity index (χ4n) is 1.23. The van der Waals surface area contributed by atoms with Gasteiger partial charge in [-0.1, -0.05) is 18.2 Å². The Bertz CT molecular complexity index is 385. The molecule has 0 aliphatic heterocycles. The number of ether oxygens (including phenoxy) is 1. The third-order valence-electron chi connectivity index (χ3n) is 1.94. The highest BCUT2D eigenvalue weighted by Crippen LogP contribution is 2.19. The second-order valence-electron chi connectivity index (χ2n) is 3.24. The van der Waals surface area contributed by atoms with Gasteiger partial charge in [-0.2, -0.15) is 0 Å². The average Bonchev–Trinajstić information content (AvgIpc) is 2.32. The van der Waals surface area contributed by atoms with E-state index in [1.165, 1.54) is 6.26 Å². The number of carbonyl (C=O) groups excluding carboxylic acids is 1. The van der Waals surface area contributed by atoms with Gasteiger partial charge >= 0.3 is 5.97 Å². The summed E-state index contributed by atoms with van der Waals surface area (Å²) in [5.74, 6) is 0.230. The minimum absolute atomic E-state index is 0.170. The summed E-state index contributed by atoms with van der Waals surface area (Å²) < 4.78 is 4.88. The van der Waals surface area contributed by atoms with Crippen LogP contribution in [-0.2, 0) is 20.8 Å². The number of rotatable bonds is 6. The van der Waals surface area contributed by atoms with Crippen molar-refractivity contribution in [2.24, 2.45) is 0 Å². The smallest absolute Gasteiger partial charge is 0.310 e. The van der Waals surface area contributed by atoms with Crippen molar-refractivity contribution in [3.8, 4) is 5.75 Å². The maximum Gasteiger partial charge on any atom is 0.310 e. The first-order valence-corrected chi connectivity index (χ1v) is 5.46. The maximum absolute atomic E-state index is 11.4. The van der Waals surface area contributed by atoms with Gasteiger partial charge in [0.15, 0.2) is 5.75 Å². The summed E-state index contributed by atoms with van der Waals surface area (Å²) in [5, 5.41) is 0. The van der Waals surface area contributed by atoms with E-state index in [9.17, 15) is 4.79 Å². The number of hydrogen-bond donors (Lipinski definition) is 0. The molecule has 0 amide bonds. The highest BCUT2D eigenvalue weighted by Gasteiger charge is 2.09. The van der Waals surface area contributed by atoms with E-state index < -0.39 is 0 Å². The molecule has 0 aromatic heterocycles. The van der Waals surface area contributed by atoms with Gasteiger partial charge in [-0.15, -0.1) is 0 Å². The van der Waals surface area contributed by atoms with Gasteiger partial charge in [0, 0.05) is 5.56 Å². The van der Waals surface area contributed by atoms with Crippen molar-refractivity contribution in [2.45, 2.75) is 20.3 Å². The fourth-order valence-corrected chi connectivity index (χ4v) is 1.23. The molecule has 0 atom stereocenters. The molecule has 0 radical (unpaired) electrons. The Labute approximate surface area is 101 Å². The Kier molecular flexibility index (Phi) is 5.64. The summed E-state index contributed by atoms with van der Waals surface area (Å²) in [6, 6.07) is 7.17. The molecule has 0 fully saturated rings. The SMILES string of the molecule is C/C=C\OOc1ccccc1CC(=O)OCC. The van der Waals surface area contributed by atoms with E-state index >= 15 is 0 Å². The van der Waals surface area contributed by atoms with Crippen LogP contribution >= 0.6 is 0 Å². The molecular formula is C13H16O4. The second-order valence-corrected chi connectivity index (χ2v) is 3.24. The average molecular weight is 236 g/mol. The monoisotopic (exact) mass is 236 g/mol. The molecule has 0 heterocycles. The molecule has 0 aliphatic rings. The van der Waals surface area contributed by atoms with Crippen LogP contribution in [0.2, 0.25) is 0 Å². The number of allylic oxidation sites excluding steroid dienone is 1. The first-order chi connectivity index (χ1) is 8.27. The standard InChI is InChI=1S/C13H16O4/c1-3-9-16-17-12-8-6-5-7-11(12)10-13(14)15-4-2/h3,5-9H,4,10H2,1-2H3/b9-3-. The molecule has 92 valence electrons. The van der Waals surface area contributed by atoms with Gasteiger partial charge in [-0.05, 0) is 26.0 Å². The number of para-hydroxylation sites is 1. The van der Waals surface area contributed by atoms with E-state index in [2.05, 4.69) is 0 Å². The van der Waals surface area contributed by atoms with Crippen LogP contribution in [0.3, 0.4) is 0 Å². The largest absolute Gasteiger partial charge is 0.466 e. The minimum atomic E-state index is -0.283. The zero-order valence-corrected chi connectivity index (χ0v) is 10.0. The molecule has 0 aliphatic carbocycles. The van der Waals surface area contributed by atoms with Crippen LogP contribution in [0.1, 0.15) is 19.4 Å². The van der Waals surface area contributed by atoms with Crippen LogP contribution in [-0.4, -0.2) is 12.6 Å².